The van der Waals surface area contributed by atoms with Gasteiger partial charge in [-0.05, 0) is 43.7 Å². The van der Waals surface area contributed by atoms with Crippen LogP contribution in [-0.2, 0) is 13.1 Å². The van der Waals surface area contributed by atoms with E-state index in [1.54, 1.807) is 0 Å². The van der Waals surface area contributed by atoms with Gasteiger partial charge in [0.05, 0.1) is 24.3 Å². The van der Waals surface area contributed by atoms with Crippen molar-refractivity contribution in [2.45, 2.75) is 33.9 Å². The number of aryl methyl sites for hydroxylation is 1. The first kappa shape index (κ1) is 22.2. The molecular weight excluding hydrogens is 448 g/mol. The van der Waals surface area contributed by atoms with Crippen LogP contribution in [-0.4, -0.2) is 41.2 Å². The van der Waals surface area contributed by atoms with Crippen molar-refractivity contribution in [1.29, 1.82) is 0 Å². The Morgan fingerprint density at radius 3 is 2.75 bits per heavy atom. The number of para-hydroxylation sites is 1. The van der Waals surface area contributed by atoms with Crippen molar-refractivity contribution in [3.05, 3.63) is 83.8 Å². The second kappa shape index (κ2) is 9.05. The zero-order valence-corrected chi connectivity index (χ0v) is 20.6. The third-order valence-electron chi connectivity index (χ3n) is 6.77. The molecule has 0 atom stereocenters. The number of hydrogen-bond acceptors (Lipinski definition) is 5. The molecule has 0 spiro atoms. The number of fused-ring (bicyclic) bond motifs is 2. The summed E-state index contributed by atoms with van der Waals surface area (Å²) in [5.41, 5.74) is 10.4. The van der Waals surface area contributed by atoms with E-state index in [0.717, 1.165) is 57.8 Å². The lowest BCUT2D eigenvalue weighted by atomic mass is 9.99. The predicted octanol–water partition coefficient (Wildman–Crippen LogP) is 5.14. The Morgan fingerprint density at radius 2 is 1.92 bits per heavy atom. The van der Waals surface area contributed by atoms with Crippen molar-refractivity contribution in [1.82, 2.24) is 40.0 Å². The van der Waals surface area contributed by atoms with Crippen molar-refractivity contribution in [2.75, 3.05) is 6.54 Å². The molecule has 0 bridgehead atoms. The minimum Gasteiger partial charge on any atom is -0.353 e. The summed E-state index contributed by atoms with van der Waals surface area (Å²) in [5.74, 6) is 0. The van der Waals surface area contributed by atoms with Gasteiger partial charge in [-0.1, -0.05) is 25.1 Å². The SMILES string of the molecule is CCNCc1cncc(-c2cnc3[nH]nc(-c4[nH]c5ccccc5c4Cn4cnc(C)c4)c3c2)c1C. The Kier molecular flexibility index (Phi) is 5.58. The number of benzene rings is 1. The molecule has 8 heteroatoms. The van der Waals surface area contributed by atoms with Crippen molar-refractivity contribution < 1.29 is 0 Å². The molecular formula is C28H28N8. The molecule has 36 heavy (non-hydrogen) atoms. The van der Waals surface area contributed by atoms with E-state index < -0.39 is 0 Å². The first-order chi connectivity index (χ1) is 17.6. The normalized spacial score (nSPS) is 11.6. The summed E-state index contributed by atoms with van der Waals surface area (Å²) >= 11 is 0. The van der Waals surface area contributed by atoms with Crippen LogP contribution in [0.2, 0.25) is 0 Å². The molecule has 0 aliphatic heterocycles. The van der Waals surface area contributed by atoms with Gasteiger partial charge >= 0.3 is 0 Å². The maximum absolute atomic E-state index is 4.72. The molecule has 0 saturated heterocycles. The highest BCUT2D eigenvalue weighted by Gasteiger charge is 2.19. The monoisotopic (exact) mass is 476 g/mol. The number of hydrogen-bond donors (Lipinski definition) is 3. The van der Waals surface area contributed by atoms with Gasteiger partial charge in [-0.15, -0.1) is 0 Å². The average molecular weight is 477 g/mol. The molecule has 6 rings (SSSR count). The van der Waals surface area contributed by atoms with Gasteiger partial charge in [0.1, 0.15) is 5.69 Å². The molecule has 8 nitrogen and oxygen atoms in total. The van der Waals surface area contributed by atoms with Gasteiger partial charge < -0.3 is 14.9 Å². The van der Waals surface area contributed by atoms with Gasteiger partial charge in [-0.3, -0.25) is 10.1 Å². The smallest absolute Gasteiger partial charge is 0.155 e. The Morgan fingerprint density at radius 1 is 1.03 bits per heavy atom. The molecule has 0 aliphatic carbocycles. The predicted molar refractivity (Wildman–Crippen MR) is 143 cm³/mol. The number of H-pyrrole nitrogens is 2. The van der Waals surface area contributed by atoms with Gasteiger partial charge in [-0.2, -0.15) is 5.10 Å². The second-order valence-electron chi connectivity index (χ2n) is 9.16. The first-order valence-electron chi connectivity index (χ1n) is 12.2. The standard InChI is InChI=1S/C28H28N8/c1-4-29-10-20-11-30-13-23(18(20)3)19-9-22-27(34-35-28(22)31-12-19)26-24(15-36-14-17(2)32-16-36)21-7-5-6-8-25(21)33-26/h5-9,11-14,16,29,33H,4,10,15H2,1-3H3,(H,31,34,35). The molecule has 3 N–H and O–H groups in total. The van der Waals surface area contributed by atoms with Gasteiger partial charge in [-0.25, -0.2) is 9.97 Å². The summed E-state index contributed by atoms with van der Waals surface area (Å²) < 4.78 is 2.11. The zero-order valence-electron chi connectivity index (χ0n) is 20.6. The van der Waals surface area contributed by atoms with Crippen LogP contribution in [0, 0.1) is 13.8 Å². The molecule has 0 unspecified atom stereocenters. The summed E-state index contributed by atoms with van der Waals surface area (Å²) in [7, 11) is 0. The topological polar surface area (TPSA) is 100 Å². The fourth-order valence-corrected chi connectivity index (χ4v) is 4.85. The lowest BCUT2D eigenvalue weighted by molar-refractivity contribution is 0.721. The summed E-state index contributed by atoms with van der Waals surface area (Å²) in [6.45, 7) is 8.66. The molecule has 5 heterocycles. The van der Waals surface area contributed by atoms with Gasteiger partial charge in [0.2, 0.25) is 0 Å². The van der Waals surface area contributed by atoms with Crippen molar-refractivity contribution >= 4 is 21.9 Å². The van der Waals surface area contributed by atoms with Gasteiger partial charge in [0.15, 0.2) is 5.65 Å². The van der Waals surface area contributed by atoms with Crippen molar-refractivity contribution in [3.63, 3.8) is 0 Å². The quantitative estimate of drug-likeness (QED) is 0.296. The third kappa shape index (κ3) is 3.85. The summed E-state index contributed by atoms with van der Waals surface area (Å²) in [4.78, 5) is 17.3. The van der Waals surface area contributed by atoms with Crippen LogP contribution < -0.4 is 5.32 Å². The highest BCUT2D eigenvalue weighted by molar-refractivity contribution is 5.98. The molecule has 0 saturated carbocycles. The molecule has 6 aromatic rings. The highest BCUT2D eigenvalue weighted by atomic mass is 15.2. The minimum absolute atomic E-state index is 0.692. The molecule has 0 fully saturated rings. The van der Waals surface area contributed by atoms with E-state index in [1.165, 1.54) is 22.1 Å². The number of nitrogens with zero attached hydrogens (tertiary/aromatic N) is 5. The fraction of sp³-hybridized carbons (Fsp3) is 0.214. The van der Waals surface area contributed by atoms with E-state index >= 15 is 0 Å². The number of imidazole rings is 1. The van der Waals surface area contributed by atoms with Crippen LogP contribution in [0.25, 0.3) is 44.5 Å². The van der Waals surface area contributed by atoms with Gasteiger partial charge in [0.25, 0.3) is 0 Å². The maximum atomic E-state index is 4.72. The Balaban J connectivity index is 1.49. The van der Waals surface area contributed by atoms with E-state index in [1.807, 2.05) is 37.9 Å². The molecule has 180 valence electrons. The van der Waals surface area contributed by atoms with E-state index in [9.17, 15) is 0 Å². The number of aromatic amines is 2. The zero-order chi connectivity index (χ0) is 24.6. The van der Waals surface area contributed by atoms with E-state index in [-0.39, 0.29) is 0 Å². The summed E-state index contributed by atoms with van der Waals surface area (Å²) in [6.07, 6.45) is 9.68. The number of pyridine rings is 2. The van der Waals surface area contributed by atoms with E-state index in [4.69, 9.17) is 10.1 Å². The Bertz CT molecular complexity index is 1690. The fourth-order valence-electron chi connectivity index (χ4n) is 4.85. The summed E-state index contributed by atoms with van der Waals surface area (Å²) in [5, 5.41) is 13.4. The van der Waals surface area contributed by atoms with Gasteiger partial charge in [0, 0.05) is 64.3 Å². The third-order valence-corrected chi connectivity index (χ3v) is 6.77. The molecule has 0 amide bonds. The summed E-state index contributed by atoms with van der Waals surface area (Å²) in [6, 6.07) is 10.5. The average Bonchev–Trinajstić information content (AvgIpc) is 3.60. The van der Waals surface area contributed by atoms with Crippen molar-refractivity contribution in [3.8, 4) is 22.5 Å². The van der Waals surface area contributed by atoms with Crippen LogP contribution in [0.4, 0.5) is 0 Å². The van der Waals surface area contributed by atoms with E-state index in [2.05, 4.69) is 74.2 Å². The molecule has 0 radical (unpaired) electrons. The molecule has 5 aromatic heterocycles. The minimum atomic E-state index is 0.692. The Labute approximate surface area is 208 Å². The van der Waals surface area contributed by atoms with Crippen LogP contribution in [0.15, 0.2) is 61.4 Å². The lowest BCUT2D eigenvalue weighted by Crippen LogP contribution is -2.13. The molecule has 1 aromatic carbocycles. The highest BCUT2D eigenvalue weighted by Crippen LogP contribution is 2.35. The van der Waals surface area contributed by atoms with E-state index in [0.29, 0.717) is 6.54 Å². The van der Waals surface area contributed by atoms with Crippen LogP contribution in [0.5, 0.6) is 0 Å². The number of aromatic nitrogens is 7. The molecule has 0 aliphatic rings. The van der Waals surface area contributed by atoms with Crippen LogP contribution in [0.1, 0.15) is 29.3 Å². The van der Waals surface area contributed by atoms with Crippen LogP contribution >= 0.6 is 0 Å². The van der Waals surface area contributed by atoms with Crippen LogP contribution in [0.3, 0.4) is 0 Å². The largest absolute Gasteiger partial charge is 0.353 e. The number of rotatable bonds is 7. The lowest BCUT2D eigenvalue weighted by Gasteiger charge is -2.11. The maximum Gasteiger partial charge on any atom is 0.155 e. The first-order valence-corrected chi connectivity index (χ1v) is 12.2. The Hall–Kier alpha value is -4.30. The second-order valence-corrected chi connectivity index (χ2v) is 9.16. The van der Waals surface area contributed by atoms with Crippen molar-refractivity contribution in [2.24, 2.45) is 0 Å². The number of nitrogens with one attached hydrogen (secondary N) is 3.